The fraction of sp³-hybridized carbons (Fsp3) is 0.571. The highest BCUT2D eigenvalue weighted by Gasteiger charge is 2.22. The first-order valence-electron chi connectivity index (χ1n) is 6.46. The van der Waals surface area contributed by atoms with Gasteiger partial charge >= 0.3 is 0 Å². The molecule has 18 heavy (non-hydrogen) atoms. The van der Waals surface area contributed by atoms with Gasteiger partial charge in [-0.1, -0.05) is 23.8 Å². The molecule has 2 rings (SSSR count). The zero-order chi connectivity index (χ0) is 13.2. The van der Waals surface area contributed by atoms with E-state index in [9.17, 15) is 8.42 Å². The van der Waals surface area contributed by atoms with Gasteiger partial charge in [0.1, 0.15) is 9.84 Å². The molecule has 3 nitrogen and oxygen atoms in total. The average Bonchev–Trinajstić information content (AvgIpc) is 2.32. The Morgan fingerprint density at radius 1 is 1.22 bits per heavy atom. The van der Waals surface area contributed by atoms with E-state index in [0.29, 0.717) is 17.5 Å². The van der Waals surface area contributed by atoms with Gasteiger partial charge in [0, 0.05) is 12.6 Å². The molecule has 0 aromatic heterocycles. The molecule has 0 bridgehead atoms. The van der Waals surface area contributed by atoms with Crippen LogP contribution in [0, 0.1) is 13.8 Å². The maximum Gasteiger partial charge on any atom is 0.150 e. The van der Waals surface area contributed by atoms with Crippen LogP contribution in [0.5, 0.6) is 0 Å². The number of hydrogen-bond acceptors (Lipinski definition) is 3. The molecule has 0 unspecified atom stereocenters. The van der Waals surface area contributed by atoms with Crippen LogP contribution >= 0.6 is 0 Å². The second kappa shape index (κ2) is 5.41. The van der Waals surface area contributed by atoms with Crippen LogP contribution in [-0.2, 0) is 16.4 Å². The fourth-order valence-electron chi connectivity index (χ4n) is 2.34. The molecule has 0 amide bonds. The first-order chi connectivity index (χ1) is 8.46. The summed E-state index contributed by atoms with van der Waals surface area (Å²) < 4.78 is 22.7. The first-order valence-corrected chi connectivity index (χ1v) is 8.28. The highest BCUT2D eigenvalue weighted by atomic mass is 32.2. The summed E-state index contributed by atoms with van der Waals surface area (Å²) in [4.78, 5) is 0. The third-order valence-electron chi connectivity index (χ3n) is 3.64. The minimum absolute atomic E-state index is 0.331. The Bertz CT molecular complexity index is 509. The van der Waals surface area contributed by atoms with Crippen molar-refractivity contribution in [1.29, 1.82) is 0 Å². The molecule has 1 N–H and O–H groups in total. The zero-order valence-corrected chi connectivity index (χ0v) is 11.9. The van der Waals surface area contributed by atoms with E-state index in [0.717, 1.165) is 19.4 Å². The maximum atomic E-state index is 11.3. The lowest BCUT2D eigenvalue weighted by atomic mass is 10.0. The van der Waals surface area contributed by atoms with E-state index < -0.39 is 9.84 Å². The van der Waals surface area contributed by atoms with E-state index in [1.165, 1.54) is 16.7 Å². The molecule has 100 valence electrons. The van der Waals surface area contributed by atoms with Crippen LogP contribution < -0.4 is 5.32 Å². The van der Waals surface area contributed by atoms with Crippen LogP contribution in [0.1, 0.15) is 29.5 Å². The van der Waals surface area contributed by atoms with Gasteiger partial charge in [0.2, 0.25) is 0 Å². The normalized spacial score (nSPS) is 19.9. The van der Waals surface area contributed by atoms with E-state index in [1.807, 2.05) is 0 Å². The standard InChI is InChI=1S/C14H21NO2S/c1-11-3-4-12(2)13(9-11)10-15-14-5-7-18(16,17)8-6-14/h3-4,9,14-15H,5-8,10H2,1-2H3. The quantitative estimate of drug-likeness (QED) is 0.911. The second-order valence-electron chi connectivity index (χ2n) is 5.24. The molecule has 4 heteroatoms. The van der Waals surface area contributed by atoms with E-state index >= 15 is 0 Å². The number of nitrogens with one attached hydrogen (secondary N) is 1. The minimum atomic E-state index is -2.75. The lowest BCUT2D eigenvalue weighted by Gasteiger charge is -2.23. The summed E-state index contributed by atoms with van der Waals surface area (Å²) in [5.41, 5.74) is 3.86. The van der Waals surface area contributed by atoms with E-state index in [-0.39, 0.29) is 0 Å². The van der Waals surface area contributed by atoms with E-state index in [2.05, 4.69) is 37.4 Å². The van der Waals surface area contributed by atoms with Crippen molar-refractivity contribution >= 4 is 9.84 Å². The summed E-state index contributed by atoms with van der Waals surface area (Å²) in [5.74, 6) is 0.662. The molecule has 1 aliphatic rings. The van der Waals surface area contributed by atoms with Crippen molar-refractivity contribution in [3.63, 3.8) is 0 Å². The number of sulfone groups is 1. The fourth-order valence-corrected chi connectivity index (χ4v) is 3.83. The molecule has 1 saturated heterocycles. The summed E-state index contributed by atoms with van der Waals surface area (Å²) in [6.07, 6.45) is 1.49. The Labute approximate surface area is 110 Å². The Hall–Kier alpha value is -0.870. The Morgan fingerprint density at radius 3 is 2.56 bits per heavy atom. The molecule has 1 fully saturated rings. The van der Waals surface area contributed by atoms with Crippen LogP contribution in [0.3, 0.4) is 0 Å². The van der Waals surface area contributed by atoms with E-state index in [1.54, 1.807) is 0 Å². The van der Waals surface area contributed by atoms with Gasteiger partial charge in [-0.15, -0.1) is 0 Å². The van der Waals surface area contributed by atoms with Crippen molar-refractivity contribution in [2.24, 2.45) is 0 Å². The van der Waals surface area contributed by atoms with Gasteiger partial charge in [-0.3, -0.25) is 0 Å². The molecular formula is C14H21NO2S. The van der Waals surface area contributed by atoms with Crippen molar-refractivity contribution in [2.75, 3.05) is 11.5 Å². The maximum absolute atomic E-state index is 11.3. The van der Waals surface area contributed by atoms with Crippen LogP contribution in [0.15, 0.2) is 18.2 Å². The average molecular weight is 267 g/mol. The molecule has 0 spiro atoms. The smallest absolute Gasteiger partial charge is 0.150 e. The predicted octanol–water partition coefficient (Wildman–Crippen LogP) is 1.97. The molecular weight excluding hydrogens is 246 g/mol. The van der Waals surface area contributed by atoms with Crippen molar-refractivity contribution in [3.05, 3.63) is 34.9 Å². The van der Waals surface area contributed by atoms with Crippen molar-refractivity contribution in [3.8, 4) is 0 Å². The monoisotopic (exact) mass is 267 g/mol. The number of hydrogen-bond donors (Lipinski definition) is 1. The van der Waals surface area contributed by atoms with Gasteiger partial charge < -0.3 is 5.32 Å². The summed E-state index contributed by atoms with van der Waals surface area (Å²) >= 11 is 0. The topological polar surface area (TPSA) is 46.2 Å². The van der Waals surface area contributed by atoms with Crippen LogP contribution in [0.25, 0.3) is 0 Å². The molecule has 0 atom stereocenters. The van der Waals surface area contributed by atoms with Crippen molar-refractivity contribution < 1.29 is 8.42 Å². The summed E-state index contributed by atoms with van der Waals surface area (Å²) in [7, 11) is -2.75. The Kier molecular flexibility index (Phi) is 4.07. The molecule has 1 aliphatic heterocycles. The van der Waals surface area contributed by atoms with E-state index in [4.69, 9.17) is 0 Å². The van der Waals surface area contributed by atoms with Crippen molar-refractivity contribution in [1.82, 2.24) is 5.32 Å². The number of rotatable bonds is 3. The number of benzene rings is 1. The Morgan fingerprint density at radius 2 is 1.89 bits per heavy atom. The summed E-state index contributed by atoms with van der Waals surface area (Å²) in [6, 6.07) is 6.79. The SMILES string of the molecule is Cc1ccc(C)c(CNC2CCS(=O)(=O)CC2)c1. The Balaban J connectivity index is 1.90. The van der Waals surface area contributed by atoms with Gasteiger partial charge in [0.15, 0.2) is 0 Å². The molecule has 1 aromatic carbocycles. The number of aryl methyl sites for hydroxylation is 2. The molecule has 1 aromatic rings. The highest BCUT2D eigenvalue weighted by Crippen LogP contribution is 2.15. The minimum Gasteiger partial charge on any atom is -0.310 e. The summed E-state index contributed by atoms with van der Waals surface area (Å²) in [6.45, 7) is 5.04. The first kappa shape index (κ1) is 13.6. The molecule has 0 saturated carbocycles. The second-order valence-corrected chi connectivity index (χ2v) is 7.54. The third-order valence-corrected chi connectivity index (χ3v) is 5.36. The lowest BCUT2D eigenvalue weighted by Crippen LogP contribution is -2.37. The van der Waals surface area contributed by atoms with Gasteiger partial charge in [-0.05, 0) is 37.8 Å². The molecule has 0 aliphatic carbocycles. The van der Waals surface area contributed by atoms with Gasteiger partial charge in [-0.25, -0.2) is 8.42 Å². The van der Waals surface area contributed by atoms with Crippen LogP contribution in [0.2, 0.25) is 0 Å². The van der Waals surface area contributed by atoms with Gasteiger partial charge in [0.25, 0.3) is 0 Å². The molecule has 1 heterocycles. The predicted molar refractivity (Wildman–Crippen MR) is 74.4 cm³/mol. The van der Waals surface area contributed by atoms with Crippen LogP contribution in [-0.4, -0.2) is 26.0 Å². The lowest BCUT2D eigenvalue weighted by molar-refractivity contribution is 0.462. The highest BCUT2D eigenvalue weighted by molar-refractivity contribution is 7.91. The van der Waals surface area contributed by atoms with Gasteiger partial charge in [-0.2, -0.15) is 0 Å². The van der Waals surface area contributed by atoms with Crippen LogP contribution in [0.4, 0.5) is 0 Å². The third kappa shape index (κ3) is 3.56. The summed E-state index contributed by atoms with van der Waals surface area (Å²) in [5, 5.41) is 3.48. The van der Waals surface area contributed by atoms with Crippen molar-refractivity contribution in [2.45, 2.75) is 39.3 Å². The van der Waals surface area contributed by atoms with Gasteiger partial charge in [0.05, 0.1) is 11.5 Å². The molecule has 0 radical (unpaired) electrons. The zero-order valence-electron chi connectivity index (χ0n) is 11.1. The largest absolute Gasteiger partial charge is 0.310 e.